The van der Waals surface area contributed by atoms with E-state index in [2.05, 4.69) is 24.9 Å². The highest BCUT2D eigenvalue weighted by Gasteiger charge is 2.12. The Balaban J connectivity index is 1.70. The van der Waals surface area contributed by atoms with E-state index in [1.54, 1.807) is 30.6 Å². The highest BCUT2D eigenvalue weighted by molar-refractivity contribution is 7.92. The number of rotatable bonds is 5. The number of aromatic nitrogens is 4. The first-order valence-corrected chi connectivity index (χ1v) is 10.4. The van der Waals surface area contributed by atoms with Crippen molar-refractivity contribution in [1.29, 1.82) is 0 Å². The van der Waals surface area contributed by atoms with Crippen molar-refractivity contribution in [2.75, 3.05) is 22.9 Å². The van der Waals surface area contributed by atoms with Crippen LogP contribution in [0.3, 0.4) is 0 Å². The van der Waals surface area contributed by atoms with Crippen LogP contribution in [-0.2, 0) is 10.0 Å². The lowest BCUT2D eigenvalue weighted by Gasteiger charge is -2.19. The summed E-state index contributed by atoms with van der Waals surface area (Å²) in [5.74, 6) is 1.21. The first-order valence-electron chi connectivity index (χ1n) is 8.48. The fourth-order valence-corrected chi connectivity index (χ4v) is 3.53. The van der Waals surface area contributed by atoms with Gasteiger partial charge in [0.15, 0.2) is 5.82 Å². The molecule has 28 heavy (non-hydrogen) atoms. The molecule has 0 spiro atoms. The molecule has 0 radical (unpaired) electrons. The normalized spacial score (nSPS) is 11.5. The Bertz CT molecular complexity index is 1250. The van der Waals surface area contributed by atoms with Gasteiger partial charge in [0.25, 0.3) is 0 Å². The Hall–Kier alpha value is -3.46. The van der Waals surface area contributed by atoms with Gasteiger partial charge in [-0.05, 0) is 30.3 Å². The second kappa shape index (κ2) is 6.93. The number of nitrogens with zero attached hydrogens (tertiary/aromatic N) is 4. The van der Waals surface area contributed by atoms with E-state index in [9.17, 15) is 8.42 Å². The summed E-state index contributed by atoms with van der Waals surface area (Å²) in [5, 5.41) is 8.05. The van der Waals surface area contributed by atoms with Gasteiger partial charge < -0.3 is 4.90 Å². The molecule has 142 valence electrons. The van der Waals surface area contributed by atoms with Crippen molar-refractivity contribution < 1.29 is 8.42 Å². The Labute approximate surface area is 162 Å². The summed E-state index contributed by atoms with van der Waals surface area (Å²) < 4.78 is 25.4. The van der Waals surface area contributed by atoms with Gasteiger partial charge in [-0.3, -0.25) is 9.82 Å². The van der Waals surface area contributed by atoms with Crippen LogP contribution in [0.4, 0.5) is 17.2 Å². The fourth-order valence-electron chi connectivity index (χ4n) is 2.98. The van der Waals surface area contributed by atoms with E-state index in [1.165, 1.54) is 0 Å². The average molecular weight is 394 g/mol. The largest absolute Gasteiger partial charge is 0.329 e. The van der Waals surface area contributed by atoms with Crippen LogP contribution in [0.25, 0.3) is 22.3 Å². The van der Waals surface area contributed by atoms with Gasteiger partial charge in [0.1, 0.15) is 5.82 Å². The molecule has 2 aromatic heterocycles. The minimum Gasteiger partial charge on any atom is -0.329 e. The topological polar surface area (TPSA) is 104 Å². The summed E-state index contributed by atoms with van der Waals surface area (Å²) >= 11 is 0. The molecule has 0 aliphatic carbocycles. The third-order valence-electron chi connectivity index (χ3n) is 4.23. The molecule has 2 aromatic carbocycles. The molecule has 0 amide bonds. The molecule has 0 atom stereocenters. The van der Waals surface area contributed by atoms with Crippen LogP contribution >= 0.6 is 0 Å². The van der Waals surface area contributed by atoms with Gasteiger partial charge in [-0.1, -0.05) is 18.2 Å². The molecule has 2 N–H and O–H groups in total. The molecular formula is C19H18N6O2S. The van der Waals surface area contributed by atoms with E-state index in [0.29, 0.717) is 22.9 Å². The summed E-state index contributed by atoms with van der Waals surface area (Å²) in [5.41, 5.74) is 3.08. The number of hydrogen-bond acceptors (Lipinski definition) is 6. The Morgan fingerprint density at radius 2 is 1.93 bits per heavy atom. The molecule has 0 aliphatic heterocycles. The zero-order valence-corrected chi connectivity index (χ0v) is 16.1. The lowest BCUT2D eigenvalue weighted by molar-refractivity contribution is 0.607. The molecule has 0 aliphatic rings. The molecule has 4 aromatic rings. The van der Waals surface area contributed by atoms with Crippen LogP contribution in [0.2, 0.25) is 0 Å². The lowest BCUT2D eigenvalue weighted by atomic mass is 10.2. The van der Waals surface area contributed by atoms with Gasteiger partial charge in [-0.15, -0.1) is 0 Å². The van der Waals surface area contributed by atoms with Crippen LogP contribution in [0, 0.1) is 0 Å². The zero-order valence-electron chi connectivity index (χ0n) is 15.3. The molecule has 0 saturated carbocycles. The van der Waals surface area contributed by atoms with E-state index in [1.807, 2.05) is 42.3 Å². The zero-order chi connectivity index (χ0) is 19.7. The summed E-state index contributed by atoms with van der Waals surface area (Å²) in [6.07, 6.45) is 4.58. The van der Waals surface area contributed by atoms with Crippen molar-refractivity contribution in [3.05, 3.63) is 60.9 Å². The molecule has 0 unspecified atom stereocenters. The number of H-pyrrole nitrogens is 1. The van der Waals surface area contributed by atoms with E-state index in [0.717, 1.165) is 22.8 Å². The predicted molar refractivity (Wildman–Crippen MR) is 110 cm³/mol. The maximum absolute atomic E-state index is 11.5. The van der Waals surface area contributed by atoms with E-state index in [4.69, 9.17) is 0 Å². The average Bonchev–Trinajstić information content (AvgIpc) is 3.15. The quantitative estimate of drug-likeness (QED) is 0.539. The van der Waals surface area contributed by atoms with Crippen molar-refractivity contribution >= 4 is 38.1 Å². The number of nitrogens with one attached hydrogen (secondary N) is 2. The maximum Gasteiger partial charge on any atom is 0.229 e. The molecule has 2 heterocycles. The number of anilines is 3. The monoisotopic (exact) mass is 394 g/mol. The number of fused-ring (bicyclic) bond motifs is 1. The van der Waals surface area contributed by atoms with Crippen LogP contribution in [-0.4, -0.2) is 41.9 Å². The molecule has 4 rings (SSSR count). The van der Waals surface area contributed by atoms with Gasteiger partial charge in [-0.2, -0.15) is 5.10 Å². The lowest BCUT2D eigenvalue weighted by Crippen LogP contribution is -2.12. The van der Waals surface area contributed by atoms with Crippen molar-refractivity contribution in [2.24, 2.45) is 0 Å². The van der Waals surface area contributed by atoms with Gasteiger partial charge in [0.05, 0.1) is 23.7 Å². The summed E-state index contributed by atoms with van der Waals surface area (Å²) in [4.78, 5) is 11.0. The fraction of sp³-hybridized carbons (Fsp3) is 0.105. The molecule has 0 fully saturated rings. The maximum atomic E-state index is 11.5. The van der Waals surface area contributed by atoms with Gasteiger partial charge in [-0.25, -0.2) is 18.4 Å². The van der Waals surface area contributed by atoms with Crippen LogP contribution < -0.4 is 9.62 Å². The summed E-state index contributed by atoms with van der Waals surface area (Å²) in [6, 6.07) is 14.7. The molecule has 8 nitrogen and oxygen atoms in total. The first-order chi connectivity index (χ1) is 13.4. The Kier molecular flexibility index (Phi) is 4.44. The number of aromatic amines is 1. The second-order valence-electron chi connectivity index (χ2n) is 6.36. The van der Waals surface area contributed by atoms with E-state index >= 15 is 0 Å². The third kappa shape index (κ3) is 3.65. The third-order valence-corrected chi connectivity index (χ3v) is 4.84. The highest BCUT2D eigenvalue weighted by Crippen LogP contribution is 2.30. The van der Waals surface area contributed by atoms with E-state index < -0.39 is 10.0 Å². The minimum absolute atomic E-state index is 0.463. The standard InChI is InChI=1S/C19H18N6O2S/c1-25(17-8-4-7-16-15(17)12-21-23-16)18-9-10-20-19(22-18)13-5-3-6-14(11-13)24-28(2,26)27/h3-12,24H,1-2H3,(H,21,23). The number of benzene rings is 2. The Morgan fingerprint density at radius 3 is 2.75 bits per heavy atom. The van der Waals surface area contributed by atoms with Crippen LogP contribution in [0.5, 0.6) is 0 Å². The smallest absolute Gasteiger partial charge is 0.229 e. The van der Waals surface area contributed by atoms with Crippen LogP contribution in [0.15, 0.2) is 60.9 Å². The first kappa shape index (κ1) is 17.9. The number of sulfonamides is 1. The minimum atomic E-state index is -3.36. The highest BCUT2D eigenvalue weighted by atomic mass is 32.2. The van der Waals surface area contributed by atoms with Crippen molar-refractivity contribution in [2.45, 2.75) is 0 Å². The van der Waals surface area contributed by atoms with Gasteiger partial charge >= 0.3 is 0 Å². The molecule has 0 bridgehead atoms. The summed E-state index contributed by atoms with van der Waals surface area (Å²) in [7, 11) is -1.43. The van der Waals surface area contributed by atoms with Crippen molar-refractivity contribution in [3.8, 4) is 11.4 Å². The van der Waals surface area contributed by atoms with Crippen molar-refractivity contribution in [1.82, 2.24) is 20.2 Å². The Morgan fingerprint density at radius 1 is 1.11 bits per heavy atom. The van der Waals surface area contributed by atoms with Gasteiger partial charge in [0.2, 0.25) is 10.0 Å². The van der Waals surface area contributed by atoms with Gasteiger partial charge in [0, 0.05) is 29.9 Å². The van der Waals surface area contributed by atoms with Crippen LogP contribution in [0.1, 0.15) is 0 Å². The summed E-state index contributed by atoms with van der Waals surface area (Å²) in [6.45, 7) is 0. The number of hydrogen-bond donors (Lipinski definition) is 2. The molecule has 9 heteroatoms. The predicted octanol–water partition coefficient (Wildman–Crippen LogP) is 3.16. The van der Waals surface area contributed by atoms with Crippen molar-refractivity contribution in [3.63, 3.8) is 0 Å². The second-order valence-corrected chi connectivity index (χ2v) is 8.11. The molecule has 0 saturated heterocycles. The van der Waals surface area contributed by atoms with E-state index in [-0.39, 0.29) is 0 Å². The SMILES string of the molecule is CN(c1ccnc(-c2cccc(NS(C)(=O)=O)c2)n1)c1cccc2[nH]ncc12. The molecular weight excluding hydrogens is 376 g/mol.